The minimum Gasteiger partial charge on any atom is -0.205 e. The van der Waals surface area contributed by atoms with Crippen LogP contribution in [0.1, 0.15) is 35.6 Å². The van der Waals surface area contributed by atoms with Gasteiger partial charge in [0, 0.05) is 10.9 Å². The zero-order chi connectivity index (χ0) is 22.7. The van der Waals surface area contributed by atoms with E-state index in [0.29, 0.717) is 5.39 Å². The topological polar surface area (TPSA) is 23.8 Å². The van der Waals surface area contributed by atoms with Gasteiger partial charge < -0.3 is 0 Å². The molecule has 0 fully saturated rings. The number of benzene rings is 4. The maximum atomic E-state index is 15.0. The highest BCUT2D eigenvalue weighted by Crippen LogP contribution is 2.28. The second-order valence-electron chi connectivity index (χ2n) is 7.49. The molecule has 4 aromatic carbocycles. The maximum absolute atomic E-state index is 15.0. The zero-order valence-electron chi connectivity index (χ0n) is 17.3. The van der Waals surface area contributed by atoms with Crippen LogP contribution in [0.5, 0.6) is 0 Å². The van der Waals surface area contributed by atoms with Crippen LogP contribution in [0.4, 0.5) is 13.2 Å². The molecule has 0 saturated carbocycles. The molecule has 0 bridgehead atoms. The first-order valence-electron chi connectivity index (χ1n) is 10.2. The third kappa shape index (κ3) is 4.22. The predicted molar refractivity (Wildman–Crippen MR) is 120 cm³/mol. The van der Waals surface area contributed by atoms with Crippen molar-refractivity contribution in [2.75, 3.05) is 0 Å². The molecule has 4 aromatic rings. The lowest BCUT2D eigenvalue weighted by Crippen LogP contribution is -1.92. The smallest absolute Gasteiger partial charge is 0.146 e. The van der Waals surface area contributed by atoms with Gasteiger partial charge in [-0.25, -0.2) is 13.2 Å². The zero-order valence-corrected chi connectivity index (χ0v) is 17.3. The van der Waals surface area contributed by atoms with Gasteiger partial charge in [0.15, 0.2) is 0 Å². The summed E-state index contributed by atoms with van der Waals surface area (Å²) in [5.74, 6) is 2.73. The minimum atomic E-state index is -0.994. The van der Waals surface area contributed by atoms with Crippen LogP contribution < -0.4 is 0 Å². The van der Waals surface area contributed by atoms with Crippen molar-refractivity contribution >= 4 is 10.8 Å². The Bertz CT molecular complexity index is 1390. The SMILES string of the molecule is CCCc1ccc(-c2ccc3c(F)c(C#Cc4cc(F)c(C#N)c(F)c4)ccc3c2)cc1. The fourth-order valence-corrected chi connectivity index (χ4v) is 3.61. The largest absolute Gasteiger partial charge is 0.205 e. The number of aryl methyl sites for hydroxylation is 1. The number of hydrogen-bond acceptors (Lipinski definition) is 1. The highest BCUT2D eigenvalue weighted by atomic mass is 19.1. The number of halogens is 3. The summed E-state index contributed by atoms with van der Waals surface area (Å²) in [6, 6.07) is 20.6. The minimum absolute atomic E-state index is 0.0281. The summed E-state index contributed by atoms with van der Waals surface area (Å²) in [4.78, 5) is 0. The molecule has 1 nitrogen and oxygen atoms in total. The van der Waals surface area contributed by atoms with E-state index in [4.69, 9.17) is 5.26 Å². The summed E-state index contributed by atoms with van der Waals surface area (Å²) in [5, 5.41) is 9.90. The van der Waals surface area contributed by atoms with Gasteiger partial charge in [0.2, 0.25) is 0 Å². The highest BCUT2D eigenvalue weighted by molar-refractivity contribution is 5.89. The fourth-order valence-electron chi connectivity index (χ4n) is 3.61. The van der Waals surface area contributed by atoms with E-state index < -0.39 is 23.0 Å². The van der Waals surface area contributed by atoms with Gasteiger partial charge in [0.1, 0.15) is 29.1 Å². The van der Waals surface area contributed by atoms with Crippen molar-refractivity contribution in [1.82, 2.24) is 0 Å². The molecule has 0 spiro atoms. The van der Waals surface area contributed by atoms with Crippen molar-refractivity contribution in [2.24, 2.45) is 0 Å². The molecule has 0 aliphatic heterocycles. The van der Waals surface area contributed by atoms with Crippen molar-refractivity contribution in [3.8, 4) is 29.0 Å². The molecule has 4 heteroatoms. The number of nitrogens with zero attached hydrogens (tertiary/aromatic N) is 1. The van der Waals surface area contributed by atoms with E-state index in [0.717, 1.165) is 41.5 Å². The Labute approximate surface area is 184 Å². The van der Waals surface area contributed by atoms with Gasteiger partial charge in [-0.05, 0) is 52.8 Å². The highest BCUT2D eigenvalue weighted by Gasteiger charge is 2.10. The van der Waals surface area contributed by atoms with Gasteiger partial charge in [0.25, 0.3) is 0 Å². The van der Waals surface area contributed by atoms with Gasteiger partial charge in [-0.3, -0.25) is 0 Å². The summed E-state index contributed by atoms with van der Waals surface area (Å²) in [6.45, 7) is 2.14. The van der Waals surface area contributed by atoms with E-state index in [1.807, 2.05) is 12.1 Å². The van der Waals surface area contributed by atoms with Crippen molar-refractivity contribution in [3.05, 3.63) is 106 Å². The average molecular weight is 425 g/mol. The third-order valence-electron chi connectivity index (χ3n) is 5.28. The van der Waals surface area contributed by atoms with E-state index in [9.17, 15) is 8.78 Å². The molecule has 4 rings (SSSR count). The lowest BCUT2D eigenvalue weighted by Gasteiger charge is -2.07. The van der Waals surface area contributed by atoms with Gasteiger partial charge in [-0.2, -0.15) is 5.26 Å². The second-order valence-corrected chi connectivity index (χ2v) is 7.49. The first-order chi connectivity index (χ1) is 15.5. The fraction of sp³-hybridized carbons (Fsp3) is 0.107. The van der Waals surface area contributed by atoms with Crippen LogP contribution in [0.15, 0.2) is 66.7 Å². The van der Waals surface area contributed by atoms with Crippen LogP contribution in [0.2, 0.25) is 0 Å². The molecule has 0 aliphatic carbocycles. The quantitative estimate of drug-likeness (QED) is 0.320. The van der Waals surface area contributed by atoms with Crippen molar-refractivity contribution in [3.63, 3.8) is 0 Å². The van der Waals surface area contributed by atoms with Crippen molar-refractivity contribution in [2.45, 2.75) is 19.8 Å². The number of nitriles is 1. The molecule has 0 amide bonds. The molecular weight excluding hydrogens is 407 g/mol. The Morgan fingerprint density at radius 3 is 2.12 bits per heavy atom. The summed E-state index contributed by atoms with van der Waals surface area (Å²) >= 11 is 0. The van der Waals surface area contributed by atoms with Crippen molar-refractivity contribution in [1.29, 1.82) is 5.26 Å². The second kappa shape index (κ2) is 9.00. The number of hydrogen-bond donors (Lipinski definition) is 0. The monoisotopic (exact) mass is 425 g/mol. The van der Waals surface area contributed by atoms with Crippen LogP contribution in [0, 0.1) is 40.6 Å². The molecule has 0 N–H and O–H groups in total. The van der Waals surface area contributed by atoms with Gasteiger partial charge in [-0.1, -0.05) is 67.6 Å². The molecule has 0 radical (unpaired) electrons. The maximum Gasteiger partial charge on any atom is 0.146 e. The van der Waals surface area contributed by atoms with Crippen LogP contribution in [-0.4, -0.2) is 0 Å². The van der Waals surface area contributed by atoms with Crippen LogP contribution >= 0.6 is 0 Å². The van der Waals surface area contributed by atoms with Crippen LogP contribution in [-0.2, 0) is 6.42 Å². The summed E-state index contributed by atoms with van der Waals surface area (Å²) in [7, 11) is 0. The van der Waals surface area contributed by atoms with Gasteiger partial charge in [-0.15, -0.1) is 0 Å². The summed E-state index contributed by atoms with van der Waals surface area (Å²) < 4.78 is 42.5. The third-order valence-corrected chi connectivity index (χ3v) is 5.28. The Balaban J connectivity index is 1.67. The standard InChI is InChI=1S/C28H18F3N/c1-2-3-18-4-7-20(8-5-18)22-12-13-24-23(16-22)11-10-21(28(24)31)9-6-19-14-26(29)25(17-32)27(30)15-19/h4-5,7-8,10-16H,2-3H2,1H3. The normalized spacial score (nSPS) is 10.5. The van der Waals surface area contributed by atoms with Crippen LogP contribution in [0.25, 0.3) is 21.9 Å². The molecule has 156 valence electrons. The predicted octanol–water partition coefficient (Wildman–Crippen LogP) is 7.15. The van der Waals surface area contributed by atoms with Gasteiger partial charge >= 0.3 is 0 Å². The van der Waals surface area contributed by atoms with E-state index in [2.05, 4.69) is 43.0 Å². The summed E-state index contributed by atoms with van der Waals surface area (Å²) in [5.41, 5.74) is 2.82. The number of fused-ring (bicyclic) bond motifs is 1. The Hall–Kier alpha value is -4.02. The Morgan fingerprint density at radius 2 is 1.47 bits per heavy atom. The molecule has 0 heterocycles. The van der Waals surface area contributed by atoms with Gasteiger partial charge in [0.05, 0.1) is 5.56 Å². The van der Waals surface area contributed by atoms with Crippen LogP contribution in [0.3, 0.4) is 0 Å². The van der Waals surface area contributed by atoms with E-state index in [1.54, 1.807) is 18.2 Å². The molecule has 0 atom stereocenters. The van der Waals surface area contributed by atoms with E-state index >= 15 is 4.39 Å². The Kier molecular flexibility index (Phi) is 5.97. The number of rotatable bonds is 3. The van der Waals surface area contributed by atoms with E-state index in [-0.39, 0.29) is 11.1 Å². The molecule has 0 aromatic heterocycles. The Morgan fingerprint density at radius 1 is 0.781 bits per heavy atom. The van der Waals surface area contributed by atoms with Crippen molar-refractivity contribution < 1.29 is 13.2 Å². The first kappa shape index (κ1) is 21.2. The lowest BCUT2D eigenvalue weighted by molar-refractivity contribution is 0.576. The lowest BCUT2D eigenvalue weighted by atomic mass is 9.98. The molecule has 0 unspecified atom stereocenters. The molecule has 0 aliphatic rings. The first-order valence-corrected chi connectivity index (χ1v) is 10.2. The molecule has 0 saturated heterocycles. The summed E-state index contributed by atoms with van der Waals surface area (Å²) in [6.07, 6.45) is 2.13. The molecular formula is C28H18F3N. The van der Waals surface area contributed by atoms with E-state index in [1.165, 1.54) is 11.6 Å². The molecule has 32 heavy (non-hydrogen) atoms. The average Bonchev–Trinajstić information content (AvgIpc) is 2.79.